The van der Waals surface area contributed by atoms with E-state index >= 15 is 0 Å². The molecule has 3 rings (SSSR count). The molecule has 0 aliphatic heterocycles. The van der Waals surface area contributed by atoms with Crippen molar-refractivity contribution in [3.05, 3.63) is 82.6 Å². The van der Waals surface area contributed by atoms with Crippen LogP contribution in [0.3, 0.4) is 0 Å². The zero-order valence-electron chi connectivity index (χ0n) is 14.3. The largest absolute Gasteiger partial charge is 0.322 e. The second-order valence-corrected chi connectivity index (χ2v) is 8.39. The van der Waals surface area contributed by atoms with Crippen molar-refractivity contribution in [3.63, 3.8) is 0 Å². The molecule has 0 atom stereocenters. The molecule has 2 aromatic carbocycles. The lowest BCUT2D eigenvalue weighted by Crippen LogP contribution is -2.15. The predicted molar refractivity (Wildman–Crippen MR) is 108 cm³/mol. The van der Waals surface area contributed by atoms with Gasteiger partial charge in [0.15, 0.2) is 0 Å². The van der Waals surface area contributed by atoms with Gasteiger partial charge in [-0.25, -0.2) is 8.42 Å². The maximum Gasteiger partial charge on any atom is 0.261 e. The van der Waals surface area contributed by atoms with E-state index in [2.05, 4.69) is 31.0 Å². The number of aromatic nitrogens is 1. The summed E-state index contributed by atoms with van der Waals surface area (Å²) in [4.78, 5) is 16.5. The van der Waals surface area contributed by atoms with Gasteiger partial charge in [0.25, 0.3) is 15.9 Å². The zero-order chi connectivity index (χ0) is 19.4. The normalized spacial score (nSPS) is 11.0. The Balaban J connectivity index is 1.83. The van der Waals surface area contributed by atoms with E-state index in [0.717, 1.165) is 5.56 Å². The number of amides is 1. The molecule has 8 heteroatoms. The number of carbonyl (C=O) groups is 1. The average Bonchev–Trinajstić information content (AvgIpc) is 2.65. The topological polar surface area (TPSA) is 88.2 Å². The molecule has 1 amide bonds. The lowest BCUT2D eigenvalue weighted by Gasteiger charge is -2.13. The van der Waals surface area contributed by atoms with Crippen molar-refractivity contribution in [1.29, 1.82) is 0 Å². The van der Waals surface area contributed by atoms with Crippen LogP contribution in [0, 0.1) is 6.92 Å². The molecular weight excluding hydrogens is 430 g/mol. The summed E-state index contributed by atoms with van der Waals surface area (Å²) in [6, 6.07) is 14.8. The van der Waals surface area contributed by atoms with Gasteiger partial charge in [-0.05, 0) is 58.7 Å². The van der Waals surface area contributed by atoms with Gasteiger partial charge in [0.2, 0.25) is 0 Å². The van der Waals surface area contributed by atoms with Crippen molar-refractivity contribution in [2.45, 2.75) is 11.8 Å². The maximum atomic E-state index is 12.5. The van der Waals surface area contributed by atoms with Gasteiger partial charge < -0.3 is 5.32 Å². The number of hydrogen-bond donors (Lipinski definition) is 2. The van der Waals surface area contributed by atoms with Gasteiger partial charge in [0.05, 0.1) is 16.1 Å². The van der Waals surface area contributed by atoms with Gasteiger partial charge in [0, 0.05) is 22.6 Å². The molecule has 0 fully saturated rings. The van der Waals surface area contributed by atoms with Crippen molar-refractivity contribution >= 4 is 43.2 Å². The summed E-state index contributed by atoms with van der Waals surface area (Å²) in [5, 5.41) is 2.74. The summed E-state index contributed by atoms with van der Waals surface area (Å²) in [5.74, 6) is -0.343. The fourth-order valence-corrected chi connectivity index (χ4v) is 3.86. The first-order valence-electron chi connectivity index (χ1n) is 7.95. The monoisotopic (exact) mass is 445 g/mol. The molecule has 0 saturated heterocycles. The van der Waals surface area contributed by atoms with Crippen LogP contribution >= 0.6 is 15.9 Å². The van der Waals surface area contributed by atoms with Gasteiger partial charge in [-0.2, -0.15) is 0 Å². The molecule has 0 radical (unpaired) electrons. The van der Waals surface area contributed by atoms with Crippen LogP contribution in [-0.4, -0.2) is 19.3 Å². The minimum Gasteiger partial charge on any atom is -0.322 e. The Morgan fingerprint density at radius 2 is 1.78 bits per heavy atom. The Kier molecular flexibility index (Phi) is 5.57. The number of halogens is 1. The van der Waals surface area contributed by atoms with E-state index in [1.807, 2.05) is 0 Å². The van der Waals surface area contributed by atoms with Crippen molar-refractivity contribution in [2.24, 2.45) is 0 Å². The molecule has 1 heterocycles. The number of nitrogens with one attached hydrogen (secondary N) is 2. The first-order valence-corrected chi connectivity index (χ1v) is 10.2. The third kappa shape index (κ3) is 4.72. The van der Waals surface area contributed by atoms with Crippen LogP contribution in [0.1, 0.15) is 15.9 Å². The number of rotatable bonds is 5. The van der Waals surface area contributed by atoms with E-state index in [1.54, 1.807) is 55.6 Å². The van der Waals surface area contributed by atoms with E-state index in [4.69, 9.17) is 0 Å². The zero-order valence-corrected chi connectivity index (χ0v) is 16.7. The first-order chi connectivity index (χ1) is 12.8. The second kappa shape index (κ2) is 7.89. The van der Waals surface area contributed by atoms with Crippen LogP contribution in [0.2, 0.25) is 0 Å². The third-order valence-electron chi connectivity index (χ3n) is 3.76. The second-order valence-electron chi connectivity index (χ2n) is 5.79. The summed E-state index contributed by atoms with van der Waals surface area (Å²) >= 11 is 3.27. The molecular formula is C19H16BrN3O3S. The molecule has 27 heavy (non-hydrogen) atoms. The Bertz CT molecular complexity index is 1090. The number of sulfonamides is 1. The number of hydrogen-bond acceptors (Lipinski definition) is 4. The summed E-state index contributed by atoms with van der Waals surface area (Å²) in [6.07, 6.45) is 3.03. The maximum absolute atomic E-state index is 12.5. The molecule has 0 aliphatic carbocycles. The highest BCUT2D eigenvalue weighted by atomic mass is 79.9. The molecule has 6 nitrogen and oxygen atoms in total. The molecule has 3 aromatic rings. The number of pyridine rings is 1. The quantitative estimate of drug-likeness (QED) is 0.615. The summed E-state index contributed by atoms with van der Waals surface area (Å²) in [7, 11) is -3.72. The van der Waals surface area contributed by atoms with Gasteiger partial charge in [-0.1, -0.05) is 24.3 Å². The Labute approximate surface area is 165 Å². The van der Waals surface area contributed by atoms with E-state index < -0.39 is 10.0 Å². The van der Waals surface area contributed by atoms with Crippen molar-refractivity contribution in [1.82, 2.24) is 4.98 Å². The molecule has 0 spiro atoms. The standard InChI is InChI=1S/C19H16BrN3O3S/c1-13-7-8-16(22-19(24)14-9-15(20)12-21-11-14)10-18(13)23-27(25,26)17-5-3-2-4-6-17/h2-12,23H,1H3,(H,22,24). The van der Waals surface area contributed by atoms with Crippen LogP contribution in [0.15, 0.2) is 76.4 Å². The van der Waals surface area contributed by atoms with Crippen LogP contribution in [-0.2, 0) is 10.0 Å². The lowest BCUT2D eigenvalue weighted by atomic mass is 10.2. The van der Waals surface area contributed by atoms with E-state index in [0.29, 0.717) is 21.4 Å². The van der Waals surface area contributed by atoms with E-state index in [-0.39, 0.29) is 10.8 Å². The highest BCUT2D eigenvalue weighted by Gasteiger charge is 2.15. The van der Waals surface area contributed by atoms with Gasteiger partial charge in [-0.3, -0.25) is 14.5 Å². The fraction of sp³-hybridized carbons (Fsp3) is 0.0526. The summed E-state index contributed by atoms with van der Waals surface area (Å²) < 4.78 is 28.3. The number of benzene rings is 2. The van der Waals surface area contributed by atoms with E-state index in [9.17, 15) is 13.2 Å². The highest BCUT2D eigenvalue weighted by molar-refractivity contribution is 9.10. The SMILES string of the molecule is Cc1ccc(NC(=O)c2cncc(Br)c2)cc1NS(=O)(=O)c1ccccc1. The first kappa shape index (κ1) is 19.1. The molecule has 0 unspecified atom stereocenters. The number of aryl methyl sites for hydroxylation is 1. The Morgan fingerprint density at radius 3 is 2.48 bits per heavy atom. The Morgan fingerprint density at radius 1 is 1.04 bits per heavy atom. The van der Waals surface area contributed by atoms with Gasteiger partial charge >= 0.3 is 0 Å². The minimum atomic E-state index is -3.72. The third-order valence-corrected chi connectivity index (χ3v) is 5.58. The van der Waals surface area contributed by atoms with Crippen LogP contribution in [0.5, 0.6) is 0 Å². The molecule has 138 valence electrons. The highest BCUT2D eigenvalue weighted by Crippen LogP contribution is 2.24. The molecule has 0 bridgehead atoms. The van der Waals surface area contributed by atoms with Gasteiger partial charge in [-0.15, -0.1) is 0 Å². The van der Waals surface area contributed by atoms with Crippen LogP contribution in [0.25, 0.3) is 0 Å². The lowest BCUT2D eigenvalue weighted by molar-refractivity contribution is 0.102. The molecule has 0 saturated carbocycles. The van der Waals surface area contributed by atoms with E-state index in [1.165, 1.54) is 18.3 Å². The molecule has 1 aromatic heterocycles. The van der Waals surface area contributed by atoms with Crippen LogP contribution in [0.4, 0.5) is 11.4 Å². The van der Waals surface area contributed by atoms with Crippen molar-refractivity contribution < 1.29 is 13.2 Å². The van der Waals surface area contributed by atoms with Crippen LogP contribution < -0.4 is 10.0 Å². The summed E-state index contributed by atoms with van der Waals surface area (Å²) in [5.41, 5.74) is 1.98. The number of anilines is 2. The smallest absolute Gasteiger partial charge is 0.261 e. The molecule has 2 N–H and O–H groups in total. The number of nitrogens with zero attached hydrogens (tertiary/aromatic N) is 1. The van der Waals surface area contributed by atoms with Gasteiger partial charge in [0.1, 0.15) is 0 Å². The number of carbonyl (C=O) groups excluding carboxylic acids is 1. The minimum absolute atomic E-state index is 0.166. The Hall–Kier alpha value is -2.71. The summed E-state index contributed by atoms with van der Waals surface area (Å²) in [6.45, 7) is 1.78. The predicted octanol–water partition coefficient (Wildman–Crippen LogP) is 4.21. The fourth-order valence-electron chi connectivity index (χ4n) is 2.35. The average molecular weight is 446 g/mol. The van der Waals surface area contributed by atoms with Crippen molar-refractivity contribution in [3.8, 4) is 0 Å². The van der Waals surface area contributed by atoms with Crippen molar-refractivity contribution in [2.75, 3.05) is 10.0 Å². The molecule has 0 aliphatic rings.